The molecule has 0 fully saturated rings. The average molecular weight is 365 g/mol. The summed E-state index contributed by atoms with van der Waals surface area (Å²) in [5, 5.41) is 10.7. The molecule has 0 aromatic heterocycles. The Balaban J connectivity index is 2.20. The van der Waals surface area contributed by atoms with E-state index in [1.54, 1.807) is 6.07 Å². The van der Waals surface area contributed by atoms with Crippen molar-refractivity contribution in [3.05, 3.63) is 69.8 Å². The molecule has 0 N–H and O–H groups in total. The van der Waals surface area contributed by atoms with Crippen LogP contribution >= 0.6 is 11.8 Å². The minimum atomic E-state index is -2.59. The molecule has 0 amide bonds. The van der Waals surface area contributed by atoms with Crippen molar-refractivity contribution in [1.82, 2.24) is 0 Å². The third kappa shape index (κ3) is 5.12. The lowest BCUT2D eigenvalue weighted by Gasteiger charge is -2.08. The molecular weight excluding hydrogens is 352 g/mol. The molecule has 25 heavy (non-hydrogen) atoms. The molecule has 0 heterocycles. The number of alkyl halides is 2. The van der Waals surface area contributed by atoms with Gasteiger partial charge in [0.25, 0.3) is 11.4 Å². The number of allylic oxidation sites excluding steroid dienone is 1. The predicted molar refractivity (Wildman–Crippen MR) is 91.3 cm³/mol. The SMILES string of the molecule is COc1cc(C(=O)C=Cc2cccc([N+](=O)[O-])c2)ccc1SC(F)F. The predicted octanol–water partition coefficient (Wildman–Crippen LogP) is 4.81. The van der Waals surface area contributed by atoms with Gasteiger partial charge in [0.1, 0.15) is 5.75 Å². The number of benzene rings is 2. The van der Waals surface area contributed by atoms with Crippen LogP contribution in [0.3, 0.4) is 0 Å². The number of carbonyl (C=O) groups excluding carboxylic acids is 1. The maximum Gasteiger partial charge on any atom is 0.289 e. The fraction of sp³-hybridized carbons (Fsp3) is 0.118. The Hall–Kier alpha value is -2.74. The van der Waals surface area contributed by atoms with Crippen molar-refractivity contribution in [2.24, 2.45) is 0 Å². The number of ketones is 1. The van der Waals surface area contributed by atoms with Gasteiger partial charge in [-0.2, -0.15) is 8.78 Å². The normalized spacial score (nSPS) is 11.0. The molecule has 0 saturated carbocycles. The first kappa shape index (κ1) is 18.6. The number of nitro groups is 1. The van der Waals surface area contributed by atoms with Crippen LogP contribution in [0.25, 0.3) is 6.08 Å². The molecule has 0 bridgehead atoms. The number of ether oxygens (including phenoxy) is 1. The fourth-order valence-corrected chi connectivity index (χ4v) is 2.62. The van der Waals surface area contributed by atoms with Gasteiger partial charge < -0.3 is 4.74 Å². The van der Waals surface area contributed by atoms with Gasteiger partial charge >= 0.3 is 0 Å². The van der Waals surface area contributed by atoms with Gasteiger partial charge in [-0.15, -0.1) is 0 Å². The largest absolute Gasteiger partial charge is 0.496 e. The van der Waals surface area contributed by atoms with Crippen molar-refractivity contribution in [3.8, 4) is 5.75 Å². The summed E-state index contributed by atoms with van der Waals surface area (Å²) < 4.78 is 30.0. The number of halogens is 2. The minimum absolute atomic E-state index is 0.0790. The second-order valence-corrected chi connectivity index (χ2v) is 5.83. The van der Waals surface area contributed by atoms with E-state index in [0.29, 0.717) is 17.3 Å². The molecule has 0 atom stereocenters. The average Bonchev–Trinajstić information content (AvgIpc) is 2.59. The number of hydrogen-bond donors (Lipinski definition) is 0. The molecule has 0 aliphatic carbocycles. The molecular formula is C17H13F2NO4S. The van der Waals surface area contributed by atoms with Crippen LogP contribution in [0.1, 0.15) is 15.9 Å². The summed E-state index contributed by atoms with van der Waals surface area (Å²) in [4.78, 5) is 22.7. The number of nitrogens with zero attached hydrogens (tertiary/aromatic N) is 1. The monoisotopic (exact) mass is 365 g/mol. The first-order valence-electron chi connectivity index (χ1n) is 7.00. The van der Waals surface area contributed by atoms with E-state index in [2.05, 4.69) is 0 Å². The van der Waals surface area contributed by atoms with Gasteiger partial charge in [0, 0.05) is 17.7 Å². The molecule has 0 unspecified atom stereocenters. The van der Waals surface area contributed by atoms with Crippen molar-refractivity contribution in [2.45, 2.75) is 10.7 Å². The molecule has 5 nitrogen and oxygen atoms in total. The molecule has 0 aliphatic heterocycles. The van der Waals surface area contributed by atoms with Crippen molar-refractivity contribution in [1.29, 1.82) is 0 Å². The van der Waals surface area contributed by atoms with E-state index in [9.17, 15) is 23.7 Å². The van der Waals surface area contributed by atoms with E-state index in [1.807, 2.05) is 0 Å². The summed E-state index contributed by atoms with van der Waals surface area (Å²) in [6.07, 6.45) is 2.71. The molecule has 0 aliphatic rings. The maximum atomic E-state index is 12.5. The maximum absolute atomic E-state index is 12.5. The van der Waals surface area contributed by atoms with Crippen LogP contribution in [-0.4, -0.2) is 23.6 Å². The topological polar surface area (TPSA) is 69.4 Å². The fourth-order valence-electron chi connectivity index (χ4n) is 2.02. The quantitative estimate of drug-likeness (QED) is 0.231. The van der Waals surface area contributed by atoms with E-state index < -0.39 is 10.7 Å². The summed E-state index contributed by atoms with van der Waals surface area (Å²) in [6, 6.07) is 10.0. The lowest BCUT2D eigenvalue weighted by Crippen LogP contribution is -1.97. The van der Waals surface area contributed by atoms with Gasteiger partial charge in [0.05, 0.1) is 16.9 Å². The molecule has 2 aromatic rings. The van der Waals surface area contributed by atoms with Crippen molar-refractivity contribution < 1.29 is 23.2 Å². The first-order chi connectivity index (χ1) is 11.9. The molecule has 0 radical (unpaired) electrons. The molecule has 2 aromatic carbocycles. The van der Waals surface area contributed by atoms with Crippen molar-refractivity contribution in [2.75, 3.05) is 7.11 Å². The molecule has 130 valence electrons. The Kier molecular flexibility index (Phi) is 6.24. The van der Waals surface area contributed by atoms with Crippen molar-refractivity contribution >= 4 is 29.3 Å². The van der Waals surface area contributed by atoms with E-state index >= 15 is 0 Å². The van der Waals surface area contributed by atoms with Gasteiger partial charge in [-0.1, -0.05) is 30.0 Å². The van der Waals surface area contributed by atoms with Gasteiger partial charge in [-0.05, 0) is 29.8 Å². The van der Waals surface area contributed by atoms with Crippen LogP contribution in [0.5, 0.6) is 5.75 Å². The third-order valence-electron chi connectivity index (χ3n) is 3.17. The van der Waals surface area contributed by atoms with E-state index in [1.165, 1.54) is 55.7 Å². The van der Waals surface area contributed by atoms with E-state index in [-0.39, 0.29) is 27.7 Å². The molecule has 0 spiro atoms. The molecule has 0 saturated heterocycles. The first-order valence-corrected chi connectivity index (χ1v) is 7.88. The zero-order chi connectivity index (χ0) is 18.4. The van der Waals surface area contributed by atoms with Gasteiger partial charge in [0.2, 0.25) is 0 Å². The number of methoxy groups -OCH3 is 1. The Morgan fingerprint density at radius 3 is 2.68 bits per heavy atom. The lowest BCUT2D eigenvalue weighted by molar-refractivity contribution is -0.384. The van der Waals surface area contributed by atoms with Crippen molar-refractivity contribution in [3.63, 3.8) is 0 Å². The highest BCUT2D eigenvalue weighted by Gasteiger charge is 2.13. The summed E-state index contributed by atoms with van der Waals surface area (Å²) in [5.41, 5.74) is 0.682. The molecule has 2 rings (SSSR count). The third-order valence-corrected chi connectivity index (χ3v) is 3.94. The Morgan fingerprint density at radius 1 is 1.28 bits per heavy atom. The Morgan fingerprint density at radius 2 is 2.04 bits per heavy atom. The highest BCUT2D eigenvalue weighted by molar-refractivity contribution is 7.99. The van der Waals surface area contributed by atoms with Crippen LogP contribution < -0.4 is 4.74 Å². The number of thioether (sulfide) groups is 1. The Bertz CT molecular complexity index is 824. The number of non-ortho nitro benzene ring substituents is 1. The Labute approximate surface area is 146 Å². The van der Waals surface area contributed by atoms with Gasteiger partial charge in [0.15, 0.2) is 5.78 Å². The van der Waals surface area contributed by atoms with Gasteiger partial charge in [-0.25, -0.2) is 0 Å². The van der Waals surface area contributed by atoms with Crippen LogP contribution in [0, 0.1) is 10.1 Å². The van der Waals surface area contributed by atoms with Crippen LogP contribution in [0.15, 0.2) is 53.4 Å². The number of nitro benzene ring substituents is 1. The minimum Gasteiger partial charge on any atom is -0.496 e. The lowest BCUT2D eigenvalue weighted by atomic mass is 10.1. The summed E-state index contributed by atoms with van der Waals surface area (Å²) in [6.45, 7) is 0. The van der Waals surface area contributed by atoms with Gasteiger partial charge in [-0.3, -0.25) is 14.9 Å². The number of hydrogen-bond acceptors (Lipinski definition) is 5. The van der Waals surface area contributed by atoms with Crippen LogP contribution in [0.2, 0.25) is 0 Å². The highest BCUT2D eigenvalue weighted by atomic mass is 32.2. The van der Waals surface area contributed by atoms with Crippen LogP contribution in [0.4, 0.5) is 14.5 Å². The van der Waals surface area contributed by atoms with E-state index in [4.69, 9.17) is 4.74 Å². The van der Waals surface area contributed by atoms with E-state index in [0.717, 1.165) is 0 Å². The smallest absolute Gasteiger partial charge is 0.289 e. The summed E-state index contributed by atoms with van der Waals surface area (Å²) in [7, 11) is 1.33. The second-order valence-electron chi connectivity index (χ2n) is 4.79. The number of rotatable bonds is 7. The zero-order valence-electron chi connectivity index (χ0n) is 13.0. The highest BCUT2D eigenvalue weighted by Crippen LogP contribution is 2.34. The zero-order valence-corrected chi connectivity index (χ0v) is 13.8. The molecule has 8 heteroatoms. The number of carbonyl (C=O) groups is 1. The van der Waals surface area contributed by atoms with Crippen LogP contribution in [-0.2, 0) is 0 Å². The summed E-state index contributed by atoms with van der Waals surface area (Å²) in [5.74, 6) is -2.79. The second kappa shape index (κ2) is 8.39. The standard InChI is InChI=1S/C17H13F2NO4S/c1-24-15-10-12(6-8-16(15)25-17(18)19)14(21)7-5-11-3-2-4-13(9-11)20(22)23/h2-10,17H,1H3. The summed E-state index contributed by atoms with van der Waals surface area (Å²) >= 11 is 0.333.